The molecule has 0 radical (unpaired) electrons. The number of nitrogens with zero attached hydrogens (tertiary/aromatic N) is 1. The minimum absolute atomic E-state index is 0.624. The third-order valence-electron chi connectivity index (χ3n) is 2.41. The molecule has 0 aliphatic rings. The molecule has 98 valence electrons. The molecule has 1 aromatic heterocycles. The van der Waals surface area contributed by atoms with Crippen molar-refractivity contribution in [1.82, 2.24) is 4.90 Å². The van der Waals surface area contributed by atoms with Gasteiger partial charge in [0.1, 0.15) is 0 Å². The van der Waals surface area contributed by atoms with E-state index in [1.165, 1.54) is 9.75 Å². The van der Waals surface area contributed by atoms with E-state index in [1.807, 2.05) is 25.2 Å². The average molecular weight is 255 g/mol. The van der Waals surface area contributed by atoms with Crippen LogP contribution in [0, 0.1) is 12.8 Å². The molecule has 0 aromatic carbocycles. The van der Waals surface area contributed by atoms with Crippen molar-refractivity contribution < 1.29 is 5.11 Å². The Kier molecular flexibility index (Phi) is 5.17. The molecule has 1 N–H and O–H groups in total. The Labute approximate surface area is 109 Å². The lowest BCUT2D eigenvalue weighted by molar-refractivity contribution is 0.0300. The van der Waals surface area contributed by atoms with Gasteiger partial charge in [-0.1, -0.05) is 13.8 Å². The third kappa shape index (κ3) is 6.20. The summed E-state index contributed by atoms with van der Waals surface area (Å²) in [6.45, 7) is 13.0. The van der Waals surface area contributed by atoms with Crippen LogP contribution in [0.2, 0.25) is 0 Å². The van der Waals surface area contributed by atoms with Gasteiger partial charge in [-0.2, -0.15) is 0 Å². The maximum atomic E-state index is 9.95. The highest BCUT2D eigenvalue weighted by Crippen LogP contribution is 2.19. The molecule has 0 aliphatic carbocycles. The number of hydrogen-bond donors (Lipinski definition) is 1. The second-order valence-electron chi connectivity index (χ2n) is 5.89. The fourth-order valence-corrected chi connectivity index (χ4v) is 2.97. The lowest BCUT2D eigenvalue weighted by atomic mass is 10.1. The fourth-order valence-electron chi connectivity index (χ4n) is 2.04. The van der Waals surface area contributed by atoms with Crippen LogP contribution < -0.4 is 0 Å². The quantitative estimate of drug-likeness (QED) is 0.843. The zero-order chi connectivity index (χ0) is 13.1. The summed E-state index contributed by atoms with van der Waals surface area (Å²) in [5.41, 5.74) is -0.624. The first kappa shape index (κ1) is 14.7. The van der Waals surface area contributed by atoms with Gasteiger partial charge >= 0.3 is 0 Å². The highest BCUT2D eigenvalue weighted by Gasteiger charge is 2.19. The van der Waals surface area contributed by atoms with Crippen molar-refractivity contribution in [3.63, 3.8) is 0 Å². The Hall–Kier alpha value is -0.380. The van der Waals surface area contributed by atoms with E-state index in [-0.39, 0.29) is 0 Å². The van der Waals surface area contributed by atoms with E-state index in [0.29, 0.717) is 5.92 Å². The van der Waals surface area contributed by atoms with Gasteiger partial charge in [-0.3, -0.25) is 4.90 Å². The lowest BCUT2D eigenvalue weighted by Crippen LogP contribution is -2.39. The maximum absolute atomic E-state index is 9.95. The van der Waals surface area contributed by atoms with Gasteiger partial charge in [0.25, 0.3) is 0 Å². The van der Waals surface area contributed by atoms with Crippen molar-refractivity contribution in [3.05, 3.63) is 21.9 Å². The van der Waals surface area contributed by atoms with Crippen LogP contribution in [-0.2, 0) is 6.54 Å². The van der Waals surface area contributed by atoms with Crippen molar-refractivity contribution >= 4 is 11.3 Å². The largest absolute Gasteiger partial charge is 0.389 e. The van der Waals surface area contributed by atoms with E-state index in [2.05, 4.69) is 37.8 Å². The van der Waals surface area contributed by atoms with Gasteiger partial charge in [0, 0.05) is 29.4 Å². The van der Waals surface area contributed by atoms with Gasteiger partial charge in [0.15, 0.2) is 0 Å². The highest BCUT2D eigenvalue weighted by atomic mass is 32.1. The number of hydrogen-bond acceptors (Lipinski definition) is 3. The molecule has 3 heteroatoms. The summed E-state index contributed by atoms with van der Waals surface area (Å²) < 4.78 is 0. The molecular formula is C14H25NOS. The van der Waals surface area contributed by atoms with Gasteiger partial charge in [-0.25, -0.2) is 0 Å². The topological polar surface area (TPSA) is 23.5 Å². The molecule has 0 atom stereocenters. The average Bonchev–Trinajstić information content (AvgIpc) is 2.46. The molecule has 0 amide bonds. The van der Waals surface area contributed by atoms with Crippen LogP contribution in [-0.4, -0.2) is 28.7 Å². The Bertz CT molecular complexity index is 338. The summed E-state index contributed by atoms with van der Waals surface area (Å²) in [7, 11) is 0. The van der Waals surface area contributed by atoms with Gasteiger partial charge in [-0.15, -0.1) is 11.3 Å². The molecule has 2 nitrogen and oxygen atoms in total. The third-order valence-corrected chi connectivity index (χ3v) is 3.39. The number of aryl methyl sites for hydroxylation is 1. The minimum atomic E-state index is -0.624. The van der Waals surface area contributed by atoms with Gasteiger partial charge in [-0.05, 0) is 38.8 Å². The number of rotatable bonds is 6. The monoisotopic (exact) mass is 255 g/mol. The Morgan fingerprint density at radius 1 is 1.35 bits per heavy atom. The summed E-state index contributed by atoms with van der Waals surface area (Å²) in [6, 6.07) is 4.36. The van der Waals surface area contributed by atoms with Crippen LogP contribution in [0.4, 0.5) is 0 Å². The SMILES string of the molecule is Cc1ccc(CN(CC(C)C)CC(C)(C)O)s1. The van der Waals surface area contributed by atoms with E-state index < -0.39 is 5.60 Å². The van der Waals surface area contributed by atoms with Crippen LogP contribution in [0.1, 0.15) is 37.4 Å². The smallest absolute Gasteiger partial charge is 0.0718 e. The first-order chi connectivity index (χ1) is 7.76. The summed E-state index contributed by atoms with van der Waals surface area (Å²) >= 11 is 1.85. The fraction of sp³-hybridized carbons (Fsp3) is 0.714. The molecule has 0 aliphatic heterocycles. The van der Waals surface area contributed by atoms with Crippen LogP contribution >= 0.6 is 11.3 Å². The van der Waals surface area contributed by atoms with Crippen molar-refractivity contribution in [2.24, 2.45) is 5.92 Å². The molecule has 0 saturated heterocycles. The van der Waals surface area contributed by atoms with E-state index in [1.54, 1.807) is 0 Å². The van der Waals surface area contributed by atoms with Crippen molar-refractivity contribution in [1.29, 1.82) is 0 Å². The van der Waals surface area contributed by atoms with Crippen LogP contribution in [0.5, 0.6) is 0 Å². The van der Waals surface area contributed by atoms with Crippen molar-refractivity contribution in [2.45, 2.75) is 46.8 Å². The van der Waals surface area contributed by atoms with Crippen molar-refractivity contribution in [3.8, 4) is 0 Å². The first-order valence-electron chi connectivity index (χ1n) is 6.26. The Balaban J connectivity index is 2.63. The number of aliphatic hydroxyl groups is 1. The maximum Gasteiger partial charge on any atom is 0.0718 e. The van der Waals surface area contributed by atoms with Gasteiger partial charge in [0.05, 0.1) is 5.60 Å². The lowest BCUT2D eigenvalue weighted by Gasteiger charge is -2.29. The van der Waals surface area contributed by atoms with E-state index in [0.717, 1.165) is 19.6 Å². The molecule has 0 fully saturated rings. The minimum Gasteiger partial charge on any atom is -0.389 e. The normalized spacial score (nSPS) is 12.7. The molecule has 0 spiro atoms. The second kappa shape index (κ2) is 5.98. The van der Waals surface area contributed by atoms with E-state index in [4.69, 9.17) is 0 Å². The molecule has 0 bridgehead atoms. The van der Waals surface area contributed by atoms with E-state index in [9.17, 15) is 5.11 Å². The van der Waals surface area contributed by atoms with Crippen LogP contribution in [0.3, 0.4) is 0 Å². The molecule has 17 heavy (non-hydrogen) atoms. The first-order valence-corrected chi connectivity index (χ1v) is 7.08. The zero-order valence-electron chi connectivity index (χ0n) is 11.7. The predicted molar refractivity (Wildman–Crippen MR) is 75.5 cm³/mol. The summed E-state index contributed by atoms with van der Waals surface area (Å²) in [4.78, 5) is 5.08. The van der Waals surface area contributed by atoms with Gasteiger partial charge < -0.3 is 5.11 Å². The van der Waals surface area contributed by atoms with Crippen molar-refractivity contribution in [2.75, 3.05) is 13.1 Å². The highest BCUT2D eigenvalue weighted by molar-refractivity contribution is 7.11. The molecule has 1 rings (SSSR count). The molecule has 0 unspecified atom stereocenters. The number of thiophene rings is 1. The zero-order valence-corrected chi connectivity index (χ0v) is 12.5. The summed E-state index contributed by atoms with van der Waals surface area (Å²) in [5, 5.41) is 9.95. The summed E-state index contributed by atoms with van der Waals surface area (Å²) in [6.07, 6.45) is 0. The van der Waals surface area contributed by atoms with E-state index >= 15 is 0 Å². The predicted octanol–water partition coefficient (Wildman–Crippen LogP) is 3.29. The molecule has 1 heterocycles. The summed E-state index contributed by atoms with van der Waals surface area (Å²) in [5.74, 6) is 0.624. The standard InChI is InChI=1S/C14H25NOS/c1-11(2)8-15(10-14(4,5)16)9-13-7-6-12(3)17-13/h6-7,11,16H,8-10H2,1-5H3. The van der Waals surface area contributed by atoms with Gasteiger partial charge in [0.2, 0.25) is 0 Å². The Morgan fingerprint density at radius 3 is 2.41 bits per heavy atom. The van der Waals surface area contributed by atoms with Crippen LogP contribution in [0.25, 0.3) is 0 Å². The molecule has 1 aromatic rings. The van der Waals surface area contributed by atoms with Crippen LogP contribution in [0.15, 0.2) is 12.1 Å². The molecule has 0 saturated carbocycles. The Morgan fingerprint density at radius 2 is 2.00 bits per heavy atom. The second-order valence-corrected chi connectivity index (χ2v) is 7.26. The molecular weight excluding hydrogens is 230 g/mol.